The molecule has 1 saturated heterocycles. The lowest BCUT2D eigenvalue weighted by atomic mass is 10.1. The number of carbonyl (C=O) groups excluding carboxylic acids is 4. The van der Waals surface area contributed by atoms with E-state index in [2.05, 4.69) is 21.2 Å². The molecule has 0 bridgehead atoms. The maximum atomic E-state index is 13.3. The van der Waals surface area contributed by atoms with Crippen LogP contribution in [0.15, 0.2) is 53.0 Å². The SMILES string of the molecule is O=C(CCCNC(=O)CCC1C(=O)N(c2ccc(Cl)cc2)C(=O)N1Cc1ccc(Br)cc1)NO. The molecule has 34 heavy (non-hydrogen) atoms. The van der Waals surface area contributed by atoms with Crippen LogP contribution in [0.3, 0.4) is 0 Å². The van der Waals surface area contributed by atoms with E-state index in [1.165, 1.54) is 10.4 Å². The second-order valence-electron chi connectivity index (χ2n) is 7.73. The van der Waals surface area contributed by atoms with Gasteiger partial charge in [0.2, 0.25) is 11.8 Å². The number of hydrogen-bond acceptors (Lipinski definition) is 5. The summed E-state index contributed by atoms with van der Waals surface area (Å²) in [4.78, 5) is 52.4. The van der Waals surface area contributed by atoms with E-state index >= 15 is 0 Å². The summed E-state index contributed by atoms with van der Waals surface area (Å²) in [6, 6.07) is 12.6. The van der Waals surface area contributed by atoms with E-state index in [1.54, 1.807) is 24.3 Å². The zero-order chi connectivity index (χ0) is 24.7. The fourth-order valence-electron chi connectivity index (χ4n) is 3.60. The topological polar surface area (TPSA) is 119 Å². The molecule has 0 aromatic heterocycles. The average Bonchev–Trinajstić information content (AvgIpc) is 3.06. The number of amides is 5. The molecule has 9 nitrogen and oxygen atoms in total. The molecule has 180 valence electrons. The zero-order valence-corrected chi connectivity index (χ0v) is 20.5. The van der Waals surface area contributed by atoms with Crippen LogP contribution in [0.5, 0.6) is 0 Å². The van der Waals surface area contributed by atoms with Gasteiger partial charge in [-0.3, -0.25) is 19.6 Å². The van der Waals surface area contributed by atoms with Crippen molar-refractivity contribution in [3.63, 3.8) is 0 Å². The van der Waals surface area contributed by atoms with Gasteiger partial charge in [0.05, 0.1) is 5.69 Å². The van der Waals surface area contributed by atoms with E-state index in [4.69, 9.17) is 16.8 Å². The third-order valence-electron chi connectivity index (χ3n) is 5.34. The Morgan fingerprint density at radius 3 is 2.32 bits per heavy atom. The quantitative estimate of drug-likeness (QED) is 0.180. The highest BCUT2D eigenvalue weighted by Gasteiger charge is 2.45. The minimum atomic E-state index is -0.808. The van der Waals surface area contributed by atoms with E-state index in [9.17, 15) is 19.2 Å². The van der Waals surface area contributed by atoms with Gasteiger partial charge in [0.25, 0.3) is 5.91 Å². The first kappa shape index (κ1) is 25.7. The molecule has 0 spiro atoms. The minimum absolute atomic E-state index is 0.0289. The van der Waals surface area contributed by atoms with Crippen molar-refractivity contribution in [2.75, 3.05) is 11.4 Å². The van der Waals surface area contributed by atoms with E-state index in [0.717, 1.165) is 14.9 Å². The largest absolute Gasteiger partial charge is 0.356 e. The van der Waals surface area contributed by atoms with E-state index in [1.807, 2.05) is 24.3 Å². The fraction of sp³-hybridized carbons (Fsp3) is 0.304. The van der Waals surface area contributed by atoms with Crippen molar-refractivity contribution in [2.45, 2.75) is 38.3 Å². The van der Waals surface area contributed by atoms with E-state index < -0.39 is 23.9 Å². The second-order valence-corrected chi connectivity index (χ2v) is 9.08. The monoisotopic (exact) mass is 550 g/mol. The Balaban J connectivity index is 1.70. The molecular weight excluding hydrogens is 528 g/mol. The van der Waals surface area contributed by atoms with Gasteiger partial charge in [-0.05, 0) is 54.8 Å². The number of hydroxylamine groups is 1. The lowest BCUT2D eigenvalue weighted by molar-refractivity contribution is -0.129. The molecule has 1 atom stereocenters. The predicted octanol–water partition coefficient (Wildman–Crippen LogP) is 3.62. The molecule has 0 saturated carbocycles. The van der Waals surface area contributed by atoms with Crippen molar-refractivity contribution in [1.29, 1.82) is 0 Å². The number of benzene rings is 2. The summed E-state index contributed by atoms with van der Waals surface area (Å²) in [7, 11) is 0. The van der Waals surface area contributed by atoms with Gasteiger partial charge in [0.15, 0.2) is 0 Å². The molecule has 1 fully saturated rings. The standard InChI is InChI=1S/C23H24BrClN4O5/c24-16-5-3-15(4-6-16)14-28-19(11-12-20(30)26-13-1-2-21(31)27-34)22(32)29(23(28)33)18-9-7-17(25)8-10-18/h3-10,19,34H,1-2,11-14H2,(H,26,30)(H,27,31). The van der Waals surface area contributed by atoms with Crippen LogP contribution >= 0.6 is 27.5 Å². The molecule has 5 amide bonds. The number of nitrogens with zero attached hydrogens (tertiary/aromatic N) is 2. The Labute approximate surface area is 210 Å². The molecule has 3 rings (SSSR count). The molecule has 0 radical (unpaired) electrons. The third kappa shape index (κ3) is 6.55. The van der Waals surface area contributed by atoms with Gasteiger partial charge in [0.1, 0.15) is 6.04 Å². The number of urea groups is 1. The number of carbonyl (C=O) groups is 4. The van der Waals surface area contributed by atoms with Gasteiger partial charge in [0, 0.05) is 35.4 Å². The molecule has 11 heteroatoms. The van der Waals surface area contributed by atoms with E-state index in [0.29, 0.717) is 17.1 Å². The molecule has 1 unspecified atom stereocenters. The van der Waals surface area contributed by atoms with Gasteiger partial charge in [-0.1, -0.05) is 39.7 Å². The second kappa shape index (κ2) is 12.0. The molecule has 2 aromatic carbocycles. The number of anilines is 1. The summed E-state index contributed by atoms with van der Waals surface area (Å²) < 4.78 is 0.896. The fourth-order valence-corrected chi connectivity index (χ4v) is 3.99. The van der Waals surface area contributed by atoms with Crippen LogP contribution in [-0.2, 0) is 20.9 Å². The first-order valence-electron chi connectivity index (χ1n) is 10.6. The van der Waals surface area contributed by atoms with Crippen LogP contribution in [0.25, 0.3) is 0 Å². The van der Waals surface area contributed by atoms with Crippen LogP contribution in [0.4, 0.5) is 10.5 Å². The highest BCUT2D eigenvalue weighted by atomic mass is 79.9. The summed E-state index contributed by atoms with van der Waals surface area (Å²) in [5.41, 5.74) is 2.79. The van der Waals surface area contributed by atoms with E-state index in [-0.39, 0.29) is 38.3 Å². The number of nitrogens with one attached hydrogen (secondary N) is 2. The van der Waals surface area contributed by atoms with Gasteiger partial charge >= 0.3 is 6.03 Å². The van der Waals surface area contributed by atoms with Crippen LogP contribution in [0.1, 0.15) is 31.2 Å². The first-order valence-corrected chi connectivity index (χ1v) is 11.8. The smallest absolute Gasteiger partial charge is 0.332 e. The Morgan fingerprint density at radius 2 is 1.68 bits per heavy atom. The van der Waals surface area contributed by atoms with Gasteiger partial charge in [-0.15, -0.1) is 0 Å². The lowest BCUT2D eigenvalue weighted by Crippen LogP contribution is -2.36. The zero-order valence-electron chi connectivity index (χ0n) is 18.2. The molecule has 2 aromatic rings. The van der Waals surface area contributed by atoms with Crippen molar-refractivity contribution in [3.8, 4) is 0 Å². The summed E-state index contributed by atoms with van der Waals surface area (Å²) in [5.74, 6) is -1.23. The Hall–Kier alpha value is -2.95. The van der Waals surface area contributed by atoms with Crippen LogP contribution in [0.2, 0.25) is 5.02 Å². The number of halogens is 2. The molecule has 1 heterocycles. The minimum Gasteiger partial charge on any atom is -0.356 e. The van der Waals surface area contributed by atoms with Crippen molar-refractivity contribution < 1.29 is 24.4 Å². The normalized spacial score (nSPS) is 15.6. The molecule has 3 N–H and O–H groups in total. The maximum absolute atomic E-state index is 13.3. The highest BCUT2D eigenvalue weighted by Crippen LogP contribution is 2.30. The summed E-state index contributed by atoms with van der Waals surface area (Å²) in [5, 5.41) is 11.7. The van der Waals surface area contributed by atoms with Gasteiger partial charge in [-0.25, -0.2) is 15.2 Å². The summed E-state index contributed by atoms with van der Waals surface area (Å²) in [6.07, 6.45) is 0.609. The Bertz CT molecular complexity index is 1050. The van der Waals surface area contributed by atoms with Gasteiger partial charge in [-0.2, -0.15) is 0 Å². The third-order valence-corrected chi connectivity index (χ3v) is 6.12. The van der Waals surface area contributed by atoms with Crippen molar-refractivity contribution >= 4 is 57.0 Å². The van der Waals surface area contributed by atoms with Gasteiger partial charge < -0.3 is 10.2 Å². The first-order chi connectivity index (χ1) is 16.3. The van der Waals surface area contributed by atoms with Crippen molar-refractivity contribution in [1.82, 2.24) is 15.7 Å². The summed E-state index contributed by atoms with van der Waals surface area (Å²) >= 11 is 9.33. The van der Waals surface area contributed by atoms with Crippen molar-refractivity contribution in [2.24, 2.45) is 0 Å². The predicted molar refractivity (Wildman–Crippen MR) is 129 cm³/mol. The Kier molecular flexibility index (Phi) is 9.03. The molecular formula is C23H24BrClN4O5. The van der Waals surface area contributed by atoms with Crippen LogP contribution in [-0.4, -0.2) is 46.4 Å². The number of hydrogen-bond donors (Lipinski definition) is 3. The number of rotatable bonds is 10. The maximum Gasteiger partial charge on any atom is 0.332 e. The average molecular weight is 552 g/mol. The Morgan fingerprint density at radius 1 is 1.00 bits per heavy atom. The van der Waals surface area contributed by atoms with Crippen LogP contribution < -0.4 is 15.7 Å². The highest BCUT2D eigenvalue weighted by molar-refractivity contribution is 9.10. The lowest BCUT2D eigenvalue weighted by Gasteiger charge is -2.22. The molecule has 0 aliphatic carbocycles. The number of imide groups is 1. The van der Waals surface area contributed by atoms with Crippen molar-refractivity contribution in [3.05, 3.63) is 63.6 Å². The molecule has 1 aliphatic rings. The summed E-state index contributed by atoms with van der Waals surface area (Å²) in [6.45, 7) is 0.466. The van der Waals surface area contributed by atoms with Crippen LogP contribution in [0, 0.1) is 0 Å². The molecule has 1 aliphatic heterocycles.